The van der Waals surface area contributed by atoms with Crippen molar-refractivity contribution in [3.63, 3.8) is 0 Å². The molecule has 2 N–H and O–H groups in total. The first-order chi connectivity index (χ1) is 10.8. The highest BCUT2D eigenvalue weighted by molar-refractivity contribution is 5.90. The van der Waals surface area contributed by atoms with Crippen LogP contribution in [0.2, 0.25) is 0 Å². The lowest BCUT2D eigenvalue weighted by Gasteiger charge is -2.11. The van der Waals surface area contributed by atoms with Crippen LogP contribution in [0.25, 0.3) is 0 Å². The molecule has 1 aromatic heterocycles. The topological polar surface area (TPSA) is 54.0 Å². The molecule has 0 atom stereocenters. The lowest BCUT2D eigenvalue weighted by Crippen LogP contribution is -2.29. The average molecular weight is 323 g/mol. The fourth-order valence-electron chi connectivity index (χ4n) is 1.96. The maximum atomic E-state index is 12.6. The molecule has 0 aliphatic heterocycles. The number of aryl methyl sites for hydroxylation is 2. The van der Waals surface area contributed by atoms with E-state index in [0.29, 0.717) is 5.69 Å². The molecule has 0 unspecified atom stereocenters. The SMILES string of the molecule is Cc1ccc(C)c(NC(=O)NCc2cc(C(F)(F)F)ccn2)c1. The molecule has 23 heavy (non-hydrogen) atoms. The Morgan fingerprint density at radius 2 is 1.91 bits per heavy atom. The van der Waals surface area contributed by atoms with Gasteiger partial charge in [-0.05, 0) is 43.2 Å². The minimum Gasteiger partial charge on any atom is -0.332 e. The normalized spacial score (nSPS) is 11.2. The molecule has 0 bridgehead atoms. The van der Waals surface area contributed by atoms with E-state index in [1.165, 1.54) is 0 Å². The first kappa shape index (κ1) is 16.8. The van der Waals surface area contributed by atoms with Crippen LogP contribution in [0.3, 0.4) is 0 Å². The van der Waals surface area contributed by atoms with Gasteiger partial charge in [0.05, 0.1) is 17.8 Å². The smallest absolute Gasteiger partial charge is 0.332 e. The number of rotatable bonds is 3. The predicted molar refractivity (Wildman–Crippen MR) is 81.0 cm³/mol. The highest BCUT2D eigenvalue weighted by Gasteiger charge is 2.30. The van der Waals surface area contributed by atoms with E-state index < -0.39 is 17.8 Å². The number of hydrogen-bond acceptors (Lipinski definition) is 2. The number of halogens is 3. The second-order valence-corrected chi connectivity index (χ2v) is 5.16. The van der Waals surface area contributed by atoms with E-state index in [4.69, 9.17) is 0 Å². The second kappa shape index (κ2) is 6.68. The maximum Gasteiger partial charge on any atom is 0.416 e. The minimum atomic E-state index is -4.43. The van der Waals surface area contributed by atoms with Crippen LogP contribution < -0.4 is 10.6 Å². The third kappa shape index (κ3) is 4.70. The first-order valence-electron chi connectivity index (χ1n) is 6.90. The molecular weight excluding hydrogens is 307 g/mol. The Morgan fingerprint density at radius 3 is 2.61 bits per heavy atom. The summed E-state index contributed by atoms with van der Waals surface area (Å²) in [5.74, 6) is 0. The first-order valence-corrected chi connectivity index (χ1v) is 6.90. The number of amides is 2. The van der Waals surface area contributed by atoms with E-state index in [1.54, 1.807) is 0 Å². The monoisotopic (exact) mass is 323 g/mol. The van der Waals surface area contributed by atoms with E-state index in [-0.39, 0.29) is 12.2 Å². The minimum absolute atomic E-state index is 0.0966. The molecular formula is C16H16F3N3O. The lowest BCUT2D eigenvalue weighted by atomic mass is 10.1. The third-order valence-corrected chi connectivity index (χ3v) is 3.22. The molecule has 1 heterocycles. The van der Waals surface area contributed by atoms with Gasteiger partial charge in [-0.25, -0.2) is 4.79 Å². The van der Waals surface area contributed by atoms with Crippen molar-refractivity contribution in [1.29, 1.82) is 0 Å². The van der Waals surface area contributed by atoms with Gasteiger partial charge in [0.15, 0.2) is 0 Å². The lowest BCUT2D eigenvalue weighted by molar-refractivity contribution is -0.137. The van der Waals surface area contributed by atoms with Gasteiger partial charge in [0, 0.05) is 11.9 Å². The second-order valence-electron chi connectivity index (χ2n) is 5.16. The number of nitrogens with zero attached hydrogens (tertiary/aromatic N) is 1. The summed E-state index contributed by atoms with van der Waals surface area (Å²) in [6, 6.07) is 6.91. The Labute approximate surface area is 131 Å². The van der Waals surface area contributed by atoms with Crippen LogP contribution in [0.4, 0.5) is 23.7 Å². The zero-order valence-corrected chi connectivity index (χ0v) is 12.7. The molecule has 122 valence electrons. The molecule has 0 aliphatic rings. The zero-order valence-electron chi connectivity index (χ0n) is 12.7. The summed E-state index contributed by atoms with van der Waals surface area (Å²) in [7, 11) is 0. The van der Waals surface area contributed by atoms with Gasteiger partial charge in [0.25, 0.3) is 0 Å². The number of nitrogens with one attached hydrogen (secondary N) is 2. The van der Waals surface area contributed by atoms with Crippen molar-refractivity contribution in [2.75, 3.05) is 5.32 Å². The summed E-state index contributed by atoms with van der Waals surface area (Å²) in [4.78, 5) is 15.7. The summed E-state index contributed by atoms with van der Waals surface area (Å²) in [6.07, 6.45) is -3.36. The largest absolute Gasteiger partial charge is 0.416 e. The number of anilines is 1. The Morgan fingerprint density at radius 1 is 1.17 bits per heavy atom. The van der Waals surface area contributed by atoms with Gasteiger partial charge < -0.3 is 10.6 Å². The third-order valence-electron chi connectivity index (χ3n) is 3.22. The van der Waals surface area contributed by atoms with Crippen molar-refractivity contribution in [1.82, 2.24) is 10.3 Å². The molecule has 0 saturated carbocycles. The Balaban J connectivity index is 1.98. The predicted octanol–water partition coefficient (Wildman–Crippen LogP) is 4.04. The number of hydrogen-bond donors (Lipinski definition) is 2. The molecule has 4 nitrogen and oxygen atoms in total. The summed E-state index contributed by atoms with van der Waals surface area (Å²) < 4.78 is 37.8. The molecule has 2 rings (SSSR count). The van der Waals surface area contributed by atoms with Crippen LogP contribution in [0.5, 0.6) is 0 Å². The van der Waals surface area contributed by atoms with Gasteiger partial charge in [-0.2, -0.15) is 13.2 Å². The molecule has 1 aromatic carbocycles. The molecule has 2 aromatic rings. The molecule has 0 aliphatic carbocycles. The van der Waals surface area contributed by atoms with E-state index in [1.807, 2.05) is 32.0 Å². The van der Waals surface area contributed by atoms with Crippen LogP contribution in [0, 0.1) is 13.8 Å². The van der Waals surface area contributed by atoms with Crippen molar-refractivity contribution < 1.29 is 18.0 Å². The maximum absolute atomic E-state index is 12.6. The standard InChI is InChI=1S/C16H16F3N3O/c1-10-3-4-11(2)14(7-10)22-15(23)21-9-13-8-12(5-6-20-13)16(17,18)19/h3-8H,9H2,1-2H3,(H2,21,22,23). The molecule has 0 fully saturated rings. The molecule has 0 radical (unpaired) electrons. The van der Waals surface area contributed by atoms with E-state index in [2.05, 4.69) is 15.6 Å². The summed E-state index contributed by atoms with van der Waals surface area (Å²) in [5.41, 5.74) is 1.88. The van der Waals surface area contributed by atoms with Gasteiger partial charge in [-0.15, -0.1) is 0 Å². The quantitative estimate of drug-likeness (QED) is 0.896. The molecule has 7 heteroatoms. The summed E-state index contributed by atoms with van der Waals surface area (Å²) in [6.45, 7) is 3.65. The van der Waals surface area contributed by atoms with Crippen LogP contribution in [0.15, 0.2) is 36.5 Å². The molecule has 0 saturated heterocycles. The van der Waals surface area contributed by atoms with Crippen LogP contribution in [-0.2, 0) is 12.7 Å². The molecule has 2 amide bonds. The van der Waals surface area contributed by atoms with E-state index >= 15 is 0 Å². The Bertz CT molecular complexity index is 714. The average Bonchev–Trinajstić information content (AvgIpc) is 2.48. The van der Waals surface area contributed by atoms with Gasteiger partial charge >= 0.3 is 12.2 Å². The summed E-state index contributed by atoms with van der Waals surface area (Å²) in [5, 5.41) is 5.16. The number of carbonyl (C=O) groups excluding carboxylic acids is 1. The van der Waals surface area contributed by atoms with Crippen LogP contribution in [0.1, 0.15) is 22.4 Å². The number of alkyl halides is 3. The summed E-state index contributed by atoms with van der Waals surface area (Å²) >= 11 is 0. The molecule has 0 spiro atoms. The van der Waals surface area contributed by atoms with Gasteiger partial charge in [0.2, 0.25) is 0 Å². The Kier molecular flexibility index (Phi) is 4.88. The van der Waals surface area contributed by atoms with Crippen molar-refractivity contribution in [2.45, 2.75) is 26.6 Å². The van der Waals surface area contributed by atoms with Gasteiger partial charge in [0.1, 0.15) is 0 Å². The number of carbonyl (C=O) groups is 1. The van der Waals surface area contributed by atoms with Crippen LogP contribution >= 0.6 is 0 Å². The van der Waals surface area contributed by atoms with Gasteiger partial charge in [-0.1, -0.05) is 12.1 Å². The number of pyridine rings is 1. The highest BCUT2D eigenvalue weighted by Crippen LogP contribution is 2.28. The van der Waals surface area contributed by atoms with Gasteiger partial charge in [-0.3, -0.25) is 4.98 Å². The van der Waals surface area contributed by atoms with Crippen molar-refractivity contribution in [3.05, 3.63) is 58.9 Å². The highest BCUT2D eigenvalue weighted by atomic mass is 19.4. The van der Waals surface area contributed by atoms with E-state index in [9.17, 15) is 18.0 Å². The Hall–Kier alpha value is -2.57. The van der Waals surface area contributed by atoms with Crippen LogP contribution in [-0.4, -0.2) is 11.0 Å². The van der Waals surface area contributed by atoms with Crippen molar-refractivity contribution in [3.8, 4) is 0 Å². The fourth-order valence-corrected chi connectivity index (χ4v) is 1.96. The van der Waals surface area contributed by atoms with E-state index in [0.717, 1.165) is 29.5 Å². The number of urea groups is 1. The van der Waals surface area contributed by atoms with Crippen molar-refractivity contribution >= 4 is 11.7 Å². The number of aromatic nitrogens is 1. The number of benzene rings is 1. The fraction of sp³-hybridized carbons (Fsp3) is 0.250. The van der Waals surface area contributed by atoms with Crippen molar-refractivity contribution in [2.24, 2.45) is 0 Å². The zero-order chi connectivity index (χ0) is 17.0.